The summed E-state index contributed by atoms with van der Waals surface area (Å²) >= 11 is 0. The molecule has 0 bridgehead atoms. The van der Waals surface area contributed by atoms with Gasteiger partial charge in [0, 0.05) is 25.5 Å². The topological polar surface area (TPSA) is 52.7 Å². The van der Waals surface area contributed by atoms with Crippen molar-refractivity contribution in [2.24, 2.45) is 0 Å². The molecule has 3 aromatic rings. The number of nitrogens with zero attached hydrogens (tertiary/aromatic N) is 4. The highest BCUT2D eigenvalue weighted by Crippen LogP contribution is 2.08. The first-order valence-electron chi connectivity index (χ1n) is 6.84. The van der Waals surface area contributed by atoms with Crippen LogP contribution in [0.25, 0.3) is 10.9 Å². The molecule has 5 nitrogen and oxygen atoms in total. The lowest BCUT2D eigenvalue weighted by atomic mass is 10.2. The minimum absolute atomic E-state index is 0.192. The number of benzene rings is 1. The maximum Gasteiger partial charge on any atom is 0.261 e. The van der Waals surface area contributed by atoms with Gasteiger partial charge in [0.15, 0.2) is 0 Å². The van der Waals surface area contributed by atoms with Crippen LogP contribution in [0.5, 0.6) is 0 Å². The van der Waals surface area contributed by atoms with Crippen molar-refractivity contribution in [1.29, 1.82) is 0 Å². The molecule has 0 fully saturated rings. The number of fused-ring (bicyclic) bond motifs is 1. The third kappa shape index (κ3) is 2.99. The smallest absolute Gasteiger partial charge is 0.261 e. The van der Waals surface area contributed by atoms with Gasteiger partial charge in [0.1, 0.15) is 5.82 Å². The van der Waals surface area contributed by atoms with Crippen LogP contribution in [-0.4, -0.2) is 19.1 Å². The average Bonchev–Trinajstić information content (AvgIpc) is 2.99. The van der Waals surface area contributed by atoms with Crippen molar-refractivity contribution in [2.75, 3.05) is 0 Å². The maximum absolute atomic E-state index is 13.2. The summed E-state index contributed by atoms with van der Waals surface area (Å²) in [7, 11) is 0. The molecule has 108 valence electrons. The average molecular weight is 286 g/mol. The minimum Gasteiger partial charge on any atom is -0.337 e. The second kappa shape index (κ2) is 5.87. The molecule has 0 aliphatic heterocycles. The largest absolute Gasteiger partial charge is 0.337 e. The highest BCUT2D eigenvalue weighted by atomic mass is 19.1. The van der Waals surface area contributed by atoms with Gasteiger partial charge < -0.3 is 4.57 Å². The SMILES string of the molecule is O=c1c2cc(F)ccc2ncn1CCCCn1ccnc1. The van der Waals surface area contributed by atoms with Gasteiger partial charge in [-0.2, -0.15) is 0 Å². The molecule has 0 amide bonds. The number of halogens is 1. The van der Waals surface area contributed by atoms with E-state index in [4.69, 9.17) is 0 Å². The fourth-order valence-corrected chi connectivity index (χ4v) is 2.29. The van der Waals surface area contributed by atoms with E-state index in [-0.39, 0.29) is 5.56 Å². The van der Waals surface area contributed by atoms with Crippen LogP contribution in [0.2, 0.25) is 0 Å². The van der Waals surface area contributed by atoms with Crippen LogP contribution in [0.15, 0.2) is 48.0 Å². The molecule has 0 spiro atoms. The van der Waals surface area contributed by atoms with Crippen LogP contribution in [0, 0.1) is 5.82 Å². The number of aryl methyl sites for hydroxylation is 2. The molecule has 0 radical (unpaired) electrons. The molecule has 0 N–H and O–H groups in total. The lowest BCUT2D eigenvalue weighted by Gasteiger charge is -2.07. The molecule has 2 aromatic heterocycles. The highest BCUT2D eigenvalue weighted by Gasteiger charge is 2.05. The second-order valence-corrected chi connectivity index (χ2v) is 4.91. The Bertz CT molecular complexity index is 795. The number of rotatable bonds is 5. The van der Waals surface area contributed by atoms with Crippen molar-refractivity contribution >= 4 is 10.9 Å². The van der Waals surface area contributed by atoms with Crippen LogP contribution in [0.3, 0.4) is 0 Å². The Morgan fingerprint density at radius 1 is 1.14 bits per heavy atom. The van der Waals surface area contributed by atoms with Crippen molar-refractivity contribution in [3.05, 3.63) is 59.4 Å². The van der Waals surface area contributed by atoms with Crippen LogP contribution in [0.4, 0.5) is 4.39 Å². The predicted octanol–water partition coefficient (Wildman–Crippen LogP) is 2.21. The lowest BCUT2D eigenvalue weighted by molar-refractivity contribution is 0.542. The van der Waals surface area contributed by atoms with Gasteiger partial charge in [0.05, 0.1) is 23.6 Å². The van der Waals surface area contributed by atoms with Crippen molar-refractivity contribution in [2.45, 2.75) is 25.9 Å². The van der Waals surface area contributed by atoms with Gasteiger partial charge in [0.25, 0.3) is 5.56 Å². The zero-order valence-electron chi connectivity index (χ0n) is 11.4. The van der Waals surface area contributed by atoms with Crippen molar-refractivity contribution in [3.8, 4) is 0 Å². The van der Waals surface area contributed by atoms with E-state index in [1.54, 1.807) is 12.5 Å². The Balaban J connectivity index is 1.69. The fraction of sp³-hybridized carbons (Fsp3) is 0.267. The van der Waals surface area contributed by atoms with Crippen molar-refractivity contribution < 1.29 is 4.39 Å². The Labute approximate surface area is 120 Å². The highest BCUT2D eigenvalue weighted by molar-refractivity contribution is 5.77. The number of hydrogen-bond acceptors (Lipinski definition) is 3. The van der Waals surface area contributed by atoms with E-state index in [2.05, 4.69) is 9.97 Å². The lowest BCUT2D eigenvalue weighted by Crippen LogP contribution is -2.21. The molecule has 0 unspecified atom stereocenters. The fourth-order valence-electron chi connectivity index (χ4n) is 2.29. The molecule has 2 heterocycles. The van der Waals surface area contributed by atoms with Crippen LogP contribution >= 0.6 is 0 Å². The molecule has 0 aliphatic carbocycles. The van der Waals surface area contributed by atoms with Crippen molar-refractivity contribution in [3.63, 3.8) is 0 Å². The van der Waals surface area contributed by atoms with Crippen molar-refractivity contribution in [1.82, 2.24) is 19.1 Å². The van der Waals surface area contributed by atoms with Gasteiger partial charge in [-0.1, -0.05) is 0 Å². The van der Waals surface area contributed by atoms with Crippen LogP contribution in [-0.2, 0) is 13.1 Å². The summed E-state index contributed by atoms with van der Waals surface area (Å²) in [5.41, 5.74) is 0.332. The Morgan fingerprint density at radius 3 is 2.81 bits per heavy atom. The predicted molar refractivity (Wildman–Crippen MR) is 77.4 cm³/mol. The summed E-state index contributed by atoms with van der Waals surface area (Å²) in [6, 6.07) is 4.08. The zero-order valence-corrected chi connectivity index (χ0v) is 11.4. The second-order valence-electron chi connectivity index (χ2n) is 4.91. The first-order valence-corrected chi connectivity index (χ1v) is 6.84. The van der Waals surface area contributed by atoms with E-state index in [1.807, 2.05) is 10.8 Å². The van der Waals surface area contributed by atoms with Gasteiger partial charge >= 0.3 is 0 Å². The monoisotopic (exact) mass is 286 g/mol. The Morgan fingerprint density at radius 2 is 2.00 bits per heavy atom. The van der Waals surface area contributed by atoms with Gasteiger partial charge in [-0.15, -0.1) is 0 Å². The number of aromatic nitrogens is 4. The summed E-state index contributed by atoms with van der Waals surface area (Å²) < 4.78 is 16.8. The van der Waals surface area contributed by atoms with E-state index in [0.717, 1.165) is 19.4 Å². The first kappa shape index (κ1) is 13.5. The molecule has 6 heteroatoms. The Hall–Kier alpha value is -2.50. The number of unbranched alkanes of at least 4 members (excludes halogenated alkanes) is 1. The normalized spacial score (nSPS) is 11.1. The number of hydrogen-bond donors (Lipinski definition) is 0. The molecule has 1 aromatic carbocycles. The standard InChI is InChI=1S/C15H15FN4O/c16-12-3-4-14-13(9-12)15(21)20(11-18-14)7-2-1-6-19-8-5-17-10-19/h3-5,8-11H,1-2,6-7H2. The minimum atomic E-state index is -0.417. The Kier molecular flexibility index (Phi) is 3.77. The van der Waals surface area contributed by atoms with Crippen LogP contribution in [0.1, 0.15) is 12.8 Å². The molecular formula is C15H15FN4O. The van der Waals surface area contributed by atoms with Gasteiger partial charge in [-0.3, -0.25) is 9.36 Å². The zero-order chi connectivity index (χ0) is 14.7. The van der Waals surface area contributed by atoms with E-state index in [9.17, 15) is 9.18 Å². The molecule has 21 heavy (non-hydrogen) atoms. The molecule has 0 atom stereocenters. The summed E-state index contributed by atoms with van der Waals surface area (Å²) in [5.74, 6) is -0.417. The summed E-state index contributed by atoms with van der Waals surface area (Å²) in [6.45, 7) is 1.44. The summed E-state index contributed by atoms with van der Waals surface area (Å²) in [5, 5.41) is 0.326. The van der Waals surface area contributed by atoms with Gasteiger partial charge in [0.2, 0.25) is 0 Å². The molecule has 0 saturated carbocycles. The molecule has 3 rings (SSSR count). The number of imidazole rings is 1. The quantitative estimate of drug-likeness (QED) is 0.676. The molecular weight excluding hydrogens is 271 g/mol. The molecule has 0 saturated heterocycles. The summed E-state index contributed by atoms with van der Waals surface area (Å²) in [4.78, 5) is 20.4. The van der Waals surface area contributed by atoms with Crippen LogP contribution < -0.4 is 5.56 Å². The van der Waals surface area contributed by atoms with E-state index >= 15 is 0 Å². The van der Waals surface area contributed by atoms with E-state index in [0.29, 0.717) is 17.4 Å². The summed E-state index contributed by atoms with van der Waals surface area (Å²) in [6.07, 6.45) is 8.73. The van der Waals surface area contributed by atoms with E-state index in [1.165, 1.54) is 29.1 Å². The van der Waals surface area contributed by atoms with Gasteiger partial charge in [-0.05, 0) is 31.0 Å². The first-order chi connectivity index (χ1) is 10.2. The third-order valence-corrected chi connectivity index (χ3v) is 3.41. The molecule has 0 aliphatic rings. The maximum atomic E-state index is 13.2. The van der Waals surface area contributed by atoms with E-state index < -0.39 is 5.82 Å². The third-order valence-electron chi connectivity index (χ3n) is 3.41. The van der Waals surface area contributed by atoms with Gasteiger partial charge in [-0.25, -0.2) is 14.4 Å².